The van der Waals surface area contributed by atoms with Crippen LogP contribution < -0.4 is 10.1 Å². The molecule has 5 N–H and O–H groups in total. The zero-order chi connectivity index (χ0) is 29.2. The second-order valence-corrected chi connectivity index (χ2v) is 8.43. The van der Waals surface area contributed by atoms with Crippen molar-refractivity contribution in [2.75, 3.05) is 11.9 Å². The fourth-order valence-electron chi connectivity index (χ4n) is 3.51. The first-order valence-electron chi connectivity index (χ1n) is 11.3. The smallest absolute Gasteiger partial charge is 0.426 e. The quantitative estimate of drug-likeness (QED) is 0.262. The zero-order valence-corrected chi connectivity index (χ0v) is 19.9. The van der Waals surface area contributed by atoms with Crippen molar-refractivity contribution in [3.63, 3.8) is 0 Å². The number of nitrogens with one attached hydrogen (secondary N) is 1. The highest BCUT2D eigenvalue weighted by atomic mass is 19.4. The Morgan fingerprint density at radius 2 is 1.62 bits per heavy atom. The second kappa shape index (κ2) is 11.3. The predicted octanol–water partition coefficient (Wildman–Crippen LogP) is 1.82. The highest BCUT2D eigenvalue weighted by molar-refractivity contribution is 5.85. The van der Waals surface area contributed by atoms with Gasteiger partial charge in [-0.15, -0.1) is 5.10 Å². The molecule has 1 aromatic heterocycles. The molecule has 2 aromatic carbocycles. The lowest BCUT2D eigenvalue weighted by molar-refractivity contribution is -0.360. The second-order valence-electron chi connectivity index (χ2n) is 8.43. The van der Waals surface area contributed by atoms with Crippen LogP contribution in [0.15, 0.2) is 54.9 Å². The summed E-state index contributed by atoms with van der Waals surface area (Å²) >= 11 is 0. The fourth-order valence-corrected chi connectivity index (χ4v) is 3.51. The molecule has 0 spiro atoms. The van der Waals surface area contributed by atoms with Gasteiger partial charge in [0.25, 0.3) is 0 Å². The third kappa shape index (κ3) is 6.28. The third-order valence-electron chi connectivity index (χ3n) is 5.63. The number of anilines is 1. The minimum Gasteiger partial charge on any atom is -0.426 e. The van der Waals surface area contributed by atoms with Gasteiger partial charge in [0.1, 0.15) is 36.5 Å². The monoisotopic (exact) mass is 576 g/mol. The molecule has 1 fully saturated rings. The van der Waals surface area contributed by atoms with Gasteiger partial charge in [0, 0.05) is 11.3 Å². The number of hydrogen-bond donors (Lipinski definition) is 5. The number of aliphatic hydroxyl groups is 4. The number of ether oxygens (including phenoxy) is 3. The van der Waals surface area contributed by atoms with Gasteiger partial charge in [0.05, 0.1) is 12.3 Å². The average molecular weight is 576 g/mol. The minimum absolute atomic E-state index is 0.208. The van der Waals surface area contributed by atoms with Crippen LogP contribution in [0.2, 0.25) is 0 Å². The molecule has 0 bridgehead atoms. The van der Waals surface area contributed by atoms with Crippen LogP contribution in [0.5, 0.6) is 5.75 Å². The number of amides is 1. The number of aliphatic hydroxyl groups excluding tert-OH is 4. The Balaban J connectivity index is 1.36. The van der Waals surface area contributed by atoms with E-state index in [1.54, 1.807) is 0 Å². The first-order valence-corrected chi connectivity index (χ1v) is 11.3. The van der Waals surface area contributed by atoms with E-state index < -0.39 is 61.4 Å². The number of nitrogens with zero attached hydrogens (tertiary/aromatic N) is 3. The molecule has 0 radical (unpaired) electrons. The first-order chi connectivity index (χ1) is 18.8. The number of benzene rings is 2. The van der Waals surface area contributed by atoms with Crippen LogP contribution in [-0.2, 0) is 9.47 Å². The number of rotatable bonds is 7. The molecule has 3 aromatic rings. The number of hydrogen-bond acceptors (Lipinski definition) is 10. The van der Waals surface area contributed by atoms with E-state index in [-0.39, 0.29) is 17.2 Å². The van der Waals surface area contributed by atoms with Crippen LogP contribution in [0.25, 0.3) is 17.1 Å². The van der Waals surface area contributed by atoms with E-state index in [0.29, 0.717) is 5.56 Å². The van der Waals surface area contributed by atoms with Crippen LogP contribution in [-0.4, -0.2) is 90.9 Å². The number of aromatic nitrogens is 3. The molecule has 0 unspecified atom stereocenters. The van der Waals surface area contributed by atoms with Crippen molar-refractivity contribution in [2.45, 2.75) is 43.0 Å². The molecule has 1 saturated heterocycles. The maximum absolute atomic E-state index is 13.1. The molecule has 216 valence electrons. The van der Waals surface area contributed by atoms with Crippen LogP contribution in [0.3, 0.4) is 0 Å². The minimum atomic E-state index is -5.87. The highest BCUT2D eigenvalue weighted by Crippen LogP contribution is 2.37. The summed E-state index contributed by atoms with van der Waals surface area (Å²) in [5.41, 5.74) is 1.01. The molecule has 2 heterocycles. The van der Waals surface area contributed by atoms with Gasteiger partial charge in [-0.3, -0.25) is 5.32 Å². The van der Waals surface area contributed by atoms with Crippen molar-refractivity contribution < 1.29 is 61.4 Å². The van der Waals surface area contributed by atoms with E-state index in [0.717, 1.165) is 12.1 Å². The topological polar surface area (TPSA) is 168 Å². The Morgan fingerprint density at radius 1 is 0.975 bits per heavy atom. The third-order valence-corrected chi connectivity index (χ3v) is 5.63. The summed E-state index contributed by atoms with van der Waals surface area (Å²) < 4.78 is 78.1. The number of carbonyl (C=O) groups is 1. The maximum Gasteiger partial charge on any atom is 0.499 e. The van der Waals surface area contributed by atoms with Gasteiger partial charge in [0.2, 0.25) is 6.29 Å². The Labute approximate surface area is 221 Å². The zero-order valence-electron chi connectivity index (χ0n) is 19.9. The molecule has 17 heteroatoms. The Hall–Kier alpha value is -3.90. The maximum atomic E-state index is 13.1. The Bertz CT molecular complexity index is 1300. The summed E-state index contributed by atoms with van der Waals surface area (Å²) in [7, 11) is 0. The van der Waals surface area contributed by atoms with E-state index in [1.807, 2.05) is 0 Å². The number of halogens is 5. The lowest BCUT2D eigenvalue weighted by Crippen LogP contribution is -2.59. The Kier molecular flexibility index (Phi) is 8.22. The van der Waals surface area contributed by atoms with E-state index in [1.165, 1.54) is 47.4 Å². The summed E-state index contributed by atoms with van der Waals surface area (Å²) in [5.74, 6) is -0.501. The van der Waals surface area contributed by atoms with Gasteiger partial charge >= 0.3 is 18.4 Å². The largest absolute Gasteiger partial charge is 0.499 e. The molecule has 0 aliphatic carbocycles. The lowest BCUT2D eigenvalue weighted by atomic mass is 9.99. The van der Waals surface area contributed by atoms with Gasteiger partial charge in [-0.1, -0.05) is 0 Å². The highest BCUT2D eigenvalue weighted by Gasteiger charge is 2.61. The van der Waals surface area contributed by atoms with E-state index in [2.05, 4.69) is 20.1 Å². The van der Waals surface area contributed by atoms with Crippen LogP contribution in [0.4, 0.5) is 32.4 Å². The molecule has 4 rings (SSSR count). The van der Waals surface area contributed by atoms with Crippen LogP contribution in [0, 0.1) is 0 Å². The van der Waals surface area contributed by atoms with Gasteiger partial charge in [-0.25, -0.2) is 14.5 Å². The fraction of sp³-hybridized carbons (Fsp3) is 0.348. The number of alkyl halides is 5. The molecular weight excluding hydrogens is 555 g/mol. The number of carbonyl (C=O) groups excluding carboxylic acids is 1. The van der Waals surface area contributed by atoms with E-state index in [9.17, 15) is 47.2 Å². The van der Waals surface area contributed by atoms with Crippen molar-refractivity contribution in [2.24, 2.45) is 0 Å². The van der Waals surface area contributed by atoms with Gasteiger partial charge in [-0.05, 0) is 48.5 Å². The van der Waals surface area contributed by atoms with Crippen molar-refractivity contribution in [1.29, 1.82) is 0 Å². The molecule has 0 saturated carbocycles. The van der Waals surface area contributed by atoms with E-state index >= 15 is 0 Å². The molecule has 12 nitrogen and oxygen atoms in total. The summed E-state index contributed by atoms with van der Waals surface area (Å²) in [6.45, 7) is -0.696. The van der Waals surface area contributed by atoms with Gasteiger partial charge < -0.3 is 34.6 Å². The van der Waals surface area contributed by atoms with Crippen molar-refractivity contribution in [1.82, 2.24) is 14.8 Å². The van der Waals surface area contributed by atoms with Crippen molar-refractivity contribution in [3.05, 3.63) is 54.9 Å². The van der Waals surface area contributed by atoms with Crippen LogP contribution >= 0.6 is 0 Å². The van der Waals surface area contributed by atoms with Crippen LogP contribution in [0.1, 0.15) is 0 Å². The van der Waals surface area contributed by atoms with Gasteiger partial charge in [-0.2, -0.15) is 22.0 Å². The Morgan fingerprint density at radius 3 is 2.23 bits per heavy atom. The predicted molar refractivity (Wildman–Crippen MR) is 122 cm³/mol. The van der Waals surface area contributed by atoms with Gasteiger partial charge in [0.15, 0.2) is 5.82 Å². The van der Waals surface area contributed by atoms with Crippen molar-refractivity contribution in [3.8, 4) is 22.8 Å². The molecule has 40 heavy (non-hydrogen) atoms. The SMILES string of the molecule is O=C(Nc1ccc(-c2ncn(-c3ccc(OC(F)(F)C(F)(F)F)cc3)n2)cc1)O[C@@H]1O[C@@H](CO)[C@H](O)[C@@H](O)[C@H]1O. The summed E-state index contributed by atoms with van der Waals surface area (Å²) in [5, 5.41) is 45.3. The summed E-state index contributed by atoms with van der Waals surface area (Å²) in [6.07, 6.45) is -19.0. The standard InChI is InChI=1S/C23H21F5N4O8/c24-22(25,26)23(27,28)40-14-7-5-13(6-8-14)32-10-29-19(31-32)11-1-3-12(4-2-11)30-21(37)39-20-18(36)17(35)16(34)15(9-33)38-20/h1-8,10,15-18,20,33-36H,9H2,(H,30,37)/t15-,16-,17+,18+,20-/m0/s1. The normalized spacial score (nSPS) is 23.5. The average Bonchev–Trinajstić information content (AvgIpc) is 3.39. The summed E-state index contributed by atoms with van der Waals surface area (Å²) in [6, 6.07) is 10.2. The van der Waals surface area contributed by atoms with Crippen molar-refractivity contribution >= 4 is 11.8 Å². The molecule has 1 amide bonds. The molecule has 5 atom stereocenters. The van der Waals surface area contributed by atoms with E-state index in [4.69, 9.17) is 9.47 Å². The first kappa shape index (κ1) is 29.1. The molecular formula is C23H21F5N4O8. The molecule has 1 aliphatic rings. The summed E-state index contributed by atoms with van der Waals surface area (Å²) in [4.78, 5) is 16.3. The molecule has 1 aliphatic heterocycles. The lowest BCUT2D eigenvalue weighted by Gasteiger charge is -2.39.